The van der Waals surface area contributed by atoms with Crippen LogP contribution >= 0.6 is 0 Å². The molecule has 1 aliphatic carbocycles. The zero-order valence-corrected chi connectivity index (χ0v) is 21.8. The third-order valence-electron chi connectivity index (χ3n) is 8.36. The summed E-state index contributed by atoms with van der Waals surface area (Å²) in [5, 5.41) is 3.01. The Bertz CT molecular complexity index is 968. The van der Waals surface area contributed by atoms with Crippen LogP contribution in [0.1, 0.15) is 50.4 Å². The van der Waals surface area contributed by atoms with Gasteiger partial charge in [0.2, 0.25) is 5.91 Å². The summed E-state index contributed by atoms with van der Waals surface area (Å²) in [5.74, 6) is 0.577. The number of hydrogen-bond donors (Lipinski definition) is 1. The zero-order chi connectivity index (χ0) is 25.4. The second-order valence-corrected chi connectivity index (χ2v) is 11.3. The molecule has 8 heteroatoms. The van der Waals surface area contributed by atoms with Crippen LogP contribution in [0.4, 0.5) is 5.69 Å². The van der Waals surface area contributed by atoms with Crippen molar-refractivity contribution in [3.8, 4) is 0 Å². The van der Waals surface area contributed by atoms with E-state index in [0.29, 0.717) is 24.4 Å². The maximum Gasteiger partial charge on any atom is 0.251 e. The van der Waals surface area contributed by atoms with Gasteiger partial charge in [-0.1, -0.05) is 20.8 Å². The predicted molar refractivity (Wildman–Crippen MR) is 138 cm³/mol. The summed E-state index contributed by atoms with van der Waals surface area (Å²) in [7, 11) is 0. The zero-order valence-electron chi connectivity index (χ0n) is 21.8. The summed E-state index contributed by atoms with van der Waals surface area (Å²) in [4.78, 5) is 46.1. The van der Waals surface area contributed by atoms with Crippen molar-refractivity contribution >= 4 is 23.3 Å². The number of likely N-dealkylation sites (N-methyl/N-ethyl adjacent to an activating group) is 1. The Hall–Kier alpha value is -2.45. The number of likely N-dealkylation sites (tertiary alicyclic amines) is 1. The first-order valence-corrected chi connectivity index (χ1v) is 13.7. The highest BCUT2D eigenvalue weighted by atomic mass is 16.5. The summed E-state index contributed by atoms with van der Waals surface area (Å²) in [6.45, 7) is 12.0. The van der Waals surface area contributed by atoms with Crippen molar-refractivity contribution in [2.24, 2.45) is 17.8 Å². The van der Waals surface area contributed by atoms with E-state index in [4.69, 9.17) is 4.74 Å². The lowest BCUT2D eigenvalue weighted by Crippen LogP contribution is -2.52. The summed E-state index contributed by atoms with van der Waals surface area (Å²) in [6.07, 6.45) is 2.63. The molecule has 4 atom stereocenters. The van der Waals surface area contributed by atoms with Gasteiger partial charge >= 0.3 is 0 Å². The third-order valence-corrected chi connectivity index (χ3v) is 8.36. The Kier molecular flexibility index (Phi) is 7.35. The van der Waals surface area contributed by atoms with E-state index in [-0.39, 0.29) is 42.1 Å². The monoisotopic (exact) mass is 496 g/mol. The Morgan fingerprint density at radius 3 is 2.39 bits per heavy atom. The van der Waals surface area contributed by atoms with E-state index >= 15 is 0 Å². The highest BCUT2D eigenvalue weighted by Crippen LogP contribution is 2.46. The molecule has 4 fully saturated rings. The van der Waals surface area contributed by atoms with Gasteiger partial charge in [-0.2, -0.15) is 0 Å². The molecular weight excluding hydrogens is 456 g/mol. The van der Waals surface area contributed by atoms with E-state index in [0.717, 1.165) is 51.3 Å². The molecule has 3 saturated heterocycles. The van der Waals surface area contributed by atoms with Crippen LogP contribution in [0.15, 0.2) is 24.3 Å². The topological polar surface area (TPSA) is 82.2 Å². The summed E-state index contributed by atoms with van der Waals surface area (Å²) in [5.41, 5.74) is 1.66. The molecule has 5 rings (SSSR count). The van der Waals surface area contributed by atoms with E-state index in [2.05, 4.69) is 22.0 Å². The standard InChI is InChI=1S/C28H40N4O4/c1-4-30-11-13-31(14-12-30)21-9-7-20(8-10-21)27(34)29-23(15-18(2)3)28(35)32-16-22(19-5-6-19)26-25(32)24(33)17-36-26/h7-10,18-19,22-23,25-26H,4-6,11-17H2,1-3H3,(H,29,34)/t22-,23?,25+,26+/m0/s1. The molecule has 0 bridgehead atoms. The molecule has 4 aliphatic rings. The summed E-state index contributed by atoms with van der Waals surface area (Å²) in [6, 6.07) is 6.52. The van der Waals surface area contributed by atoms with Crippen molar-refractivity contribution in [1.82, 2.24) is 15.1 Å². The van der Waals surface area contributed by atoms with Gasteiger partial charge in [-0.15, -0.1) is 0 Å². The molecular formula is C28H40N4O4. The van der Waals surface area contributed by atoms with Gasteiger partial charge < -0.3 is 24.8 Å². The van der Waals surface area contributed by atoms with Gasteiger partial charge in [0.25, 0.3) is 5.91 Å². The normalized spacial score (nSPS) is 27.4. The average molecular weight is 497 g/mol. The fourth-order valence-corrected chi connectivity index (χ4v) is 6.14. The molecule has 1 N–H and O–H groups in total. The van der Waals surface area contributed by atoms with Gasteiger partial charge in [0, 0.05) is 49.9 Å². The minimum absolute atomic E-state index is 0.0125. The number of ether oxygens (including phenoxy) is 1. The van der Waals surface area contributed by atoms with Gasteiger partial charge in [-0.25, -0.2) is 0 Å². The molecule has 3 heterocycles. The first-order valence-electron chi connectivity index (χ1n) is 13.7. The van der Waals surface area contributed by atoms with Gasteiger partial charge in [0.1, 0.15) is 18.7 Å². The number of piperazine rings is 1. The van der Waals surface area contributed by atoms with E-state index < -0.39 is 12.1 Å². The first-order chi connectivity index (χ1) is 17.4. The number of Topliss-reactive ketones (excluding diaryl/α,β-unsaturated/α-hetero) is 1. The number of hydrogen-bond acceptors (Lipinski definition) is 6. The molecule has 1 saturated carbocycles. The number of amides is 2. The fourth-order valence-electron chi connectivity index (χ4n) is 6.14. The highest BCUT2D eigenvalue weighted by molar-refractivity contribution is 5.99. The molecule has 36 heavy (non-hydrogen) atoms. The highest BCUT2D eigenvalue weighted by Gasteiger charge is 2.56. The maximum absolute atomic E-state index is 13.7. The molecule has 1 aromatic rings. The number of nitrogens with one attached hydrogen (secondary N) is 1. The molecule has 196 valence electrons. The van der Waals surface area contributed by atoms with E-state index in [1.165, 1.54) is 0 Å². The van der Waals surface area contributed by atoms with Crippen molar-refractivity contribution in [2.75, 3.05) is 50.8 Å². The van der Waals surface area contributed by atoms with Crippen LogP contribution in [0.2, 0.25) is 0 Å². The van der Waals surface area contributed by atoms with Crippen LogP contribution in [0, 0.1) is 17.8 Å². The molecule has 1 unspecified atom stereocenters. The number of ketones is 1. The van der Waals surface area contributed by atoms with Gasteiger partial charge in [-0.05, 0) is 61.9 Å². The van der Waals surface area contributed by atoms with Crippen LogP contribution in [-0.2, 0) is 14.3 Å². The van der Waals surface area contributed by atoms with E-state index in [1.54, 1.807) is 4.90 Å². The molecule has 2 amide bonds. The molecule has 3 aliphatic heterocycles. The minimum atomic E-state index is -0.661. The van der Waals surface area contributed by atoms with Crippen molar-refractivity contribution in [2.45, 2.75) is 58.2 Å². The fraction of sp³-hybridized carbons (Fsp3) is 0.679. The van der Waals surface area contributed by atoms with Gasteiger partial charge in [0.15, 0.2) is 5.78 Å². The summed E-state index contributed by atoms with van der Waals surface area (Å²) < 4.78 is 5.83. The van der Waals surface area contributed by atoms with Crippen molar-refractivity contribution < 1.29 is 19.1 Å². The smallest absolute Gasteiger partial charge is 0.251 e. The lowest BCUT2D eigenvalue weighted by Gasteiger charge is -2.35. The first kappa shape index (κ1) is 25.2. The Balaban J connectivity index is 1.26. The number of rotatable bonds is 8. The number of benzene rings is 1. The van der Waals surface area contributed by atoms with Crippen LogP contribution < -0.4 is 10.2 Å². The van der Waals surface area contributed by atoms with Crippen LogP contribution in [0.3, 0.4) is 0 Å². The quantitative estimate of drug-likeness (QED) is 0.594. The Morgan fingerprint density at radius 2 is 1.78 bits per heavy atom. The maximum atomic E-state index is 13.7. The Labute approximate surface area is 214 Å². The molecule has 0 aromatic heterocycles. The number of carbonyl (C=O) groups excluding carboxylic acids is 3. The number of fused-ring (bicyclic) bond motifs is 1. The second kappa shape index (κ2) is 10.5. The molecule has 0 radical (unpaired) electrons. The number of carbonyl (C=O) groups is 3. The summed E-state index contributed by atoms with van der Waals surface area (Å²) >= 11 is 0. The third kappa shape index (κ3) is 5.16. The van der Waals surface area contributed by atoms with Crippen molar-refractivity contribution in [3.63, 3.8) is 0 Å². The lowest BCUT2D eigenvalue weighted by molar-refractivity contribution is -0.138. The SMILES string of the molecule is CCN1CCN(c2ccc(C(=O)NC(CC(C)C)C(=O)N3C[C@@H](C4CC4)[C@H]4OCC(=O)[C@H]43)cc2)CC1. The van der Waals surface area contributed by atoms with Crippen LogP contribution in [-0.4, -0.2) is 91.5 Å². The van der Waals surface area contributed by atoms with E-state index in [1.807, 2.05) is 38.1 Å². The van der Waals surface area contributed by atoms with E-state index in [9.17, 15) is 14.4 Å². The van der Waals surface area contributed by atoms with Crippen LogP contribution in [0.5, 0.6) is 0 Å². The van der Waals surface area contributed by atoms with Crippen LogP contribution in [0.25, 0.3) is 0 Å². The second-order valence-electron chi connectivity index (χ2n) is 11.3. The van der Waals surface area contributed by atoms with Gasteiger partial charge in [-0.3, -0.25) is 14.4 Å². The molecule has 1 aromatic carbocycles. The lowest BCUT2D eigenvalue weighted by atomic mass is 9.97. The van der Waals surface area contributed by atoms with Crippen molar-refractivity contribution in [3.05, 3.63) is 29.8 Å². The average Bonchev–Trinajstić information content (AvgIpc) is 3.55. The number of anilines is 1. The van der Waals surface area contributed by atoms with Gasteiger partial charge in [0.05, 0.1) is 6.10 Å². The molecule has 8 nitrogen and oxygen atoms in total. The minimum Gasteiger partial charge on any atom is -0.369 e. The number of nitrogens with zero attached hydrogens (tertiary/aromatic N) is 3. The van der Waals surface area contributed by atoms with Crippen molar-refractivity contribution in [1.29, 1.82) is 0 Å². The molecule has 0 spiro atoms. The predicted octanol–water partition coefficient (Wildman–Crippen LogP) is 2.18. The largest absolute Gasteiger partial charge is 0.369 e. The Morgan fingerprint density at radius 1 is 1.08 bits per heavy atom.